The summed E-state index contributed by atoms with van der Waals surface area (Å²) in [5.74, 6) is 0.451. The van der Waals surface area contributed by atoms with Gasteiger partial charge in [-0.15, -0.1) is 6.58 Å². The van der Waals surface area contributed by atoms with Crippen LogP contribution in [0.3, 0.4) is 0 Å². The average Bonchev–Trinajstić information content (AvgIpc) is 2.18. The van der Waals surface area contributed by atoms with Crippen molar-refractivity contribution in [1.82, 2.24) is 15.5 Å². The SMILES string of the molecule is C=CCN1CCC(NC(=O)C2CNC2)CC1. The first-order valence-corrected chi connectivity index (χ1v) is 6.14. The fourth-order valence-corrected chi connectivity index (χ4v) is 2.24. The third kappa shape index (κ3) is 2.83. The molecule has 0 radical (unpaired) electrons. The molecule has 0 aliphatic carbocycles. The Morgan fingerprint density at radius 2 is 2.12 bits per heavy atom. The van der Waals surface area contributed by atoms with Gasteiger partial charge in [0.25, 0.3) is 0 Å². The molecule has 0 aromatic heterocycles. The molecule has 2 aliphatic heterocycles. The summed E-state index contributed by atoms with van der Waals surface area (Å²) in [6.45, 7) is 8.55. The van der Waals surface area contributed by atoms with Gasteiger partial charge in [0, 0.05) is 38.8 Å². The second kappa shape index (κ2) is 5.46. The van der Waals surface area contributed by atoms with Gasteiger partial charge in [-0.25, -0.2) is 0 Å². The van der Waals surface area contributed by atoms with Gasteiger partial charge in [-0.05, 0) is 12.8 Å². The molecule has 2 saturated heterocycles. The first kappa shape index (κ1) is 11.6. The average molecular weight is 223 g/mol. The minimum atomic E-state index is 0.214. The molecule has 2 aliphatic rings. The Bertz CT molecular complexity index is 255. The molecule has 0 spiro atoms. The number of hydrogen-bond donors (Lipinski definition) is 2. The van der Waals surface area contributed by atoms with E-state index in [1.165, 1.54) is 0 Å². The lowest BCUT2D eigenvalue weighted by atomic mass is 10.00. The van der Waals surface area contributed by atoms with Crippen LogP contribution in [0.5, 0.6) is 0 Å². The molecule has 0 bridgehead atoms. The van der Waals surface area contributed by atoms with Gasteiger partial charge in [0.05, 0.1) is 5.92 Å². The van der Waals surface area contributed by atoms with Crippen LogP contribution in [0, 0.1) is 5.92 Å². The Morgan fingerprint density at radius 1 is 1.44 bits per heavy atom. The van der Waals surface area contributed by atoms with E-state index in [4.69, 9.17) is 0 Å². The van der Waals surface area contributed by atoms with Gasteiger partial charge in [0.2, 0.25) is 5.91 Å². The number of hydrogen-bond acceptors (Lipinski definition) is 3. The lowest BCUT2D eigenvalue weighted by molar-refractivity contribution is -0.127. The van der Waals surface area contributed by atoms with Crippen molar-refractivity contribution in [2.24, 2.45) is 5.92 Å². The molecule has 90 valence electrons. The zero-order chi connectivity index (χ0) is 11.4. The van der Waals surface area contributed by atoms with Crippen molar-refractivity contribution in [3.63, 3.8) is 0 Å². The van der Waals surface area contributed by atoms with E-state index in [9.17, 15) is 4.79 Å². The molecule has 4 heteroatoms. The predicted molar refractivity (Wildman–Crippen MR) is 64.2 cm³/mol. The van der Waals surface area contributed by atoms with Gasteiger partial charge < -0.3 is 10.6 Å². The Hall–Kier alpha value is -0.870. The summed E-state index contributed by atoms with van der Waals surface area (Å²) in [7, 11) is 0. The number of carbonyl (C=O) groups excluding carboxylic acids is 1. The summed E-state index contributed by atoms with van der Waals surface area (Å²) < 4.78 is 0. The van der Waals surface area contributed by atoms with Crippen molar-refractivity contribution in [1.29, 1.82) is 0 Å². The number of nitrogens with one attached hydrogen (secondary N) is 2. The second-order valence-electron chi connectivity index (χ2n) is 4.73. The molecule has 0 unspecified atom stereocenters. The minimum absolute atomic E-state index is 0.214. The maximum atomic E-state index is 11.7. The Balaban J connectivity index is 1.68. The van der Waals surface area contributed by atoms with E-state index in [1.807, 2.05) is 6.08 Å². The highest BCUT2D eigenvalue weighted by atomic mass is 16.2. The van der Waals surface area contributed by atoms with Crippen LogP contribution >= 0.6 is 0 Å². The highest BCUT2D eigenvalue weighted by Crippen LogP contribution is 2.11. The molecule has 2 rings (SSSR count). The van der Waals surface area contributed by atoms with Crippen molar-refractivity contribution in [3.05, 3.63) is 12.7 Å². The van der Waals surface area contributed by atoms with E-state index in [1.54, 1.807) is 0 Å². The van der Waals surface area contributed by atoms with E-state index in [2.05, 4.69) is 22.1 Å². The molecule has 2 heterocycles. The topological polar surface area (TPSA) is 44.4 Å². The lowest BCUT2D eigenvalue weighted by Gasteiger charge is -2.34. The van der Waals surface area contributed by atoms with Gasteiger partial charge >= 0.3 is 0 Å². The molecule has 0 aromatic carbocycles. The van der Waals surface area contributed by atoms with Crippen LogP contribution < -0.4 is 10.6 Å². The molecule has 2 fully saturated rings. The number of amides is 1. The minimum Gasteiger partial charge on any atom is -0.353 e. The summed E-state index contributed by atoms with van der Waals surface area (Å²) in [5, 5.41) is 6.28. The van der Waals surface area contributed by atoms with Crippen molar-refractivity contribution >= 4 is 5.91 Å². The van der Waals surface area contributed by atoms with E-state index in [0.29, 0.717) is 6.04 Å². The summed E-state index contributed by atoms with van der Waals surface area (Å²) in [4.78, 5) is 14.1. The summed E-state index contributed by atoms with van der Waals surface area (Å²) >= 11 is 0. The molecule has 1 amide bonds. The smallest absolute Gasteiger partial charge is 0.225 e. The van der Waals surface area contributed by atoms with E-state index < -0.39 is 0 Å². The fourth-order valence-electron chi connectivity index (χ4n) is 2.24. The Morgan fingerprint density at radius 3 is 2.62 bits per heavy atom. The maximum Gasteiger partial charge on any atom is 0.225 e. The normalized spacial score (nSPS) is 23.8. The molecule has 16 heavy (non-hydrogen) atoms. The number of rotatable bonds is 4. The van der Waals surface area contributed by atoms with Gasteiger partial charge in [-0.3, -0.25) is 9.69 Å². The maximum absolute atomic E-state index is 11.7. The van der Waals surface area contributed by atoms with Gasteiger partial charge in [0.15, 0.2) is 0 Å². The quantitative estimate of drug-likeness (QED) is 0.658. The molecular formula is C12H21N3O. The van der Waals surface area contributed by atoms with Crippen LogP contribution in [0.15, 0.2) is 12.7 Å². The second-order valence-corrected chi connectivity index (χ2v) is 4.73. The standard InChI is InChI=1S/C12H21N3O/c1-2-5-15-6-3-11(4-7-15)14-12(16)10-8-13-9-10/h2,10-11,13H,1,3-9H2,(H,14,16). The summed E-state index contributed by atoms with van der Waals surface area (Å²) in [5.41, 5.74) is 0. The van der Waals surface area contributed by atoms with Crippen LogP contribution in [0.25, 0.3) is 0 Å². The summed E-state index contributed by atoms with van der Waals surface area (Å²) in [6.07, 6.45) is 4.08. The highest BCUT2D eigenvalue weighted by molar-refractivity contribution is 5.80. The van der Waals surface area contributed by atoms with E-state index >= 15 is 0 Å². The van der Waals surface area contributed by atoms with Crippen LogP contribution in [-0.2, 0) is 4.79 Å². The molecule has 0 atom stereocenters. The zero-order valence-electron chi connectivity index (χ0n) is 9.74. The van der Waals surface area contributed by atoms with E-state index in [-0.39, 0.29) is 11.8 Å². The number of nitrogens with zero attached hydrogens (tertiary/aromatic N) is 1. The zero-order valence-corrected chi connectivity index (χ0v) is 9.74. The number of carbonyl (C=O) groups is 1. The molecule has 4 nitrogen and oxygen atoms in total. The fraction of sp³-hybridized carbons (Fsp3) is 0.750. The van der Waals surface area contributed by atoms with Crippen LogP contribution in [0.1, 0.15) is 12.8 Å². The van der Waals surface area contributed by atoms with Gasteiger partial charge in [0.1, 0.15) is 0 Å². The highest BCUT2D eigenvalue weighted by Gasteiger charge is 2.27. The van der Waals surface area contributed by atoms with Crippen LogP contribution in [0.2, 0.25) is 0 Å². The number of piperidine rings is 1. The summed E-state index contributed by atoms with van der Waals surface area (Å²) in [6, 6.07) is 0.383. The molecular weight excluding hydrogens is 202 g/mol. The predicted octanol–water partition coefficient (Wildman–Crippen LogP) is -0.0276. The monoisotopic (exact) mass is 223 g/mol. The Kier molecular flexibility index (Phi) is 3.96. The first-order valence-electron chi connectivity index (χ1n) is 6.14. The Labute approximate surface area is 97.1 Å². The molecule has 0 aromatic rings. The van der Waals surface area contributed by atoms with Crippen molar-refractivity contribution in [2.45, 2.75) is 18.9 Å². The van der Waals surface area contributed by atoms with Crippen molar-refractivity contribution < 1.29 is 4.79 Å². The third-order valence-electron chi connectivity index (χ3n) is 3.47. The van der Waals surface area contributed by atoms with Gasteiger partial charge in [-0.1, -0.05) is 6.08 Å². The third-order valence-corrected chi connectivity index (χ3v) is 3.47. The van der Waals surface area contributed by atoms with Crippen molar-refractivity contribution in [3.8, 4) is 0 Å². The first-order chi connectivity index (χ1) is 7.79. The van der Waals surface area contributed by atoms with Crippen molar-refractivity contribution in [2.75, 3.05) is 32.7 Å². The van der Waals surface area contributed by atoms with Crippen LogP contribution in [-0.4, -0.2) is 49.6 Å². The van der Waals surface area contributed by atoms with Gasteiger partial charge in [-0.2, -0.15) is 0 Å². The lowest BCUT2D eigenvalue weighted by Crippen LogP contribution is -2.54. The number of likely N-dealkylation sites (tertiary alicyclic amines) is 1. The van der Waals surface area contributed by atoms with Crippen LogP contribution in [0.4, 0.5) is 0 Å². The molecule has 2 N–H and O–H groups in total. The largest absolute Gasteiger partial charge is 0.353 e. The van der Waals surface area contributed by atoms with E-state index in [0.717, 1.165) is 45.6 Å². The molecule has 0 saturated carbocycles.